The summed E-state index contributed by atoms with van der Waals surface area (Å²) in [5.41, 5.74) is 5.42. The molecule has 18 heavy (non-hydrogen) atoms. The van der Waals surface area contributed by atoms with Gasteiger partial charge in [-0.15, -0.1) is 0 Å². The number of nitrogens with zero attached hydrogens (tertiary/aromatic N) is 1. The first-order valence-corrected chi connectivity index (χ1v) is 6.45. The van der Waals surface area contributed by atoms with Crippen LogP contribution in [0, 0.1) is 0 Å². The van der Waals surface area contributed by atoms with Crippen molar-refractivity contribution >= 4 is 28.3 Å². The molecule has 0 aliphatic carbocycles. The molecule has 0 fully saturated rings. The van der Waals surface area contributed by atoms with E-state index in [0.717, 1.165) is 5.00 Å². The average molecular weight is 272 g/mol. The zero-order valence-electron chi connectivity index (χ0n) is 11.2. The van der Waals surface area contributed by atoms with Gasteiger partial charge in [-0.05, 0) is 32.3 Å². The number of aromatic nitrogens is 1. The van der Waals surface area contributed by atoms with Crippen LogP contribution in [0.5, 0.6) is 5.75 Å². The first-order valence-electron chi connectivity index (χ1n) is 5.67. The maximum absolute atomic E-state index is 11.6. The Labute approximate surface area is 111 Å². The lowest BCUT2D eigenvalue weighted by atomic mass is 10.1. The fourth-order valence-corrected chi connectivity index (χ4v) is 2.08. The van der Waals surface area contributed by atoms with Crippen LogP contribution < -0.4 is 21.1 Å². The van der Waals surface area contributed by atoms with Gasteiger partial charge in [0, 0.05) is 18.5 Å². The maximum atomic E-state index is 11.6. The SMILES string of the molecule is COc1c(N)nsc1NCCC(=O)NC(C)(C)C. The molecule has 7 heteroatoms. The summed E-state index contributed by atoms with van der Waals surface area (Å²) in [4.78, 5) is 11.6. The Morgan fingerprint density at radius 3 is 2.72 bits per heavy atom. The normalized spacial score (nSPS) is 11.1. The third-order valence-electron chi connectivity index (χ3n) is 2.03. The second kappa shape index (κ2) is 5.90. The van der Waals surface area contributed by atoms with Crippen molar-refractivity contribution in [1.29, 1.82) is 0 Å². The number of rotatable bonds is 5. The number of anilines is 2. The van der Waals surface area contributed by atoms with Crippen molar-refractivity contribution < 1.29 is 9.53 Å². The largest absolute Gasteiger partial charge is 0.490 e. The van der Waals surface area contributed by atoms with Gasteiger partial charge in [0.05, 0.1) is 7.11 Å². The Kier molecular flexibility index (Phi) is 4.77. The van der Waals surface area contributed by atoms with Crippen LogP contribution in [0.4, 0.5) is 10.8 Å². The molecule has 0 aliphatic rings. The molecule has 4 N–H and O–H groups in total. The van der Waals surface area contributed by atoms with Crippen molar-refractivity contribution in [2.45, 2.75) is 32.7 Å². The third-order valence-corrected chi connectivity index (χ3v) is 2.83. The Morgan fingerprint density at radius 1 is 1.50 bits per heavy atom. The van der Waals surface area contributed by atoms with E-state index in [0.29, 0.717) is 24.5 Å². The van der Waals surface area contributed by atoms with Gasteiger partial charge in [0.1, 0.15) is 0 Å². The number of nitrogen functional groups attached to an aromatic ring is 1. The molecule has 6 nitrogen and oxygen atoms in total. The standard InChI is InChI=1S/C11H20N4O2S/c1-11(2,3)14-7(16)5-6-13-10-8(17-4)9(12)15-18-10/h13H,5-6H2,1-4H3,(H2,12,15)(H,14,16). The summed E-state index contributed by atoms with van der Waals surface area (Å²) in [7, 11) is 1.54. The monoisotopic (exact) mass is 272 g/mol. The summed E-state index contributed by atoms with van der Waals surface area (Å²) in [5, 5.41) is 6.73. The van der Waals surface area contributed by atoms with Crippen molar-refractivity contribution in [3.63, 3.8) is 0 Å². The highest BCUT2D eigenvalue weighted by Gasteiger charge is 2.14. The average Bonchev–Trinajstić information content (AvgIpc) is 2.56. The number of hydrogen-bond donors (Lipinski definition) is 3. The van der Waals surface area contributed by atoms with Crippen LogP contribution in [-0.2, 0) is 4.79 Å². The highest BCUT2D eigenvalue weighted by atomic mass is 32.1. The van der Waals surface area contributed by atoms with Crippen molar-refractivity contribution in [3.8, 4) is 5.75 Å². The minimum atomic E-state index is -0.205. The molecule has 0 aliphatic heterocycles. The van der Waals surface area contributed by atoms with Crippen LogP contribution in [0.1, 0.15) is 27.2 Å². The number of amides is 1. The third kappa shape index (κ3) is 4.40. The first kappa shape index (κ1) is 14.6. The lowest BCUT2D eigenvalue weighted by Crippen LogP contribution is -2.41. The molecular formula is C11H20N4O2S. The molecule has 0 spiro atoms. The molecule has 0 saturated heterocycles. The predicted octanol–water partition coefficient (Wildman–Crippen LogP) is 1.45. The van der Waals surface area contributed by atoms with Crippen molar-refractivity contribution in [1.82, 2.24) is 9.69 Å². The first-order chi connectivity index (χ1) is 8.33. The molecule has 0 atom stereocenters. The number of nitrogens with two attached hydrogens (primary N) is 1. The van der Waals surface area contributed by atoms with Crippen molar-refractivity contribution in [2.75, 3.05) is 24.7 Å². The second-order valence-electron chi connectivity index (χ2n) is 4.91. The second-order valence-corrected chi connectivity index (χ2v) is 5.68. The van der Waals surface area contributed by atoms with Gasteiger partial charge >= 0.3 is 0 Å². The molecule has 0 radical (unpaired) electrons. The van der Waals surface area contributed by atoms with E-state index in [1.807, 2.05) is 20.8 Å². The number of carbonyl (C=O) groups is 1. The Balaban J connectivity index is 2.40. The van der Waals surface area contributed by atoms with E-state index in [9.17, 15) is 4.79 Å². The highest BCUT2D eigenvalue weighted by molar-refractivity contribution is 7.11. The van der Waals surface area contributed by atoms with Gasteiger partial charge in [-0.1, -0.05) is 0 Å². The molecule has 102 valence electrons. The number of ether oxygens (including phenoxy) is 1. The van der Waals surface area contributed by atoms with E-state index < -0.39 is 0 Å². The molecule has 1 aromatic rings. The smallest absolute Gasteiger partial charge is 0.222 e. The molecule has 0 bridgehead atoms. The molecular weight excluding hydrogens is 252 g/mol. The Morgan fingerprint density at radius 2 is 2.17 bits per heavy atom. The lowest BCUT2D eigenvalue weighted by molar-refractivity contribution is -0.122. The summed E-state index contributed by atoms with van der Waals surface area (Å²) < 4.78 is 9.09. The summed E-state index contributed by atoms with van der Waals surface area (Å²) in [6.07, 6.45) is 0.387. The van der Waals surface area contributed by atoms with Gasteiger partial charge in [-0.3, -0.25) is 4.79 Å². The fourth-order valence-electron chi connectivity index (χ4n) is 1.37. The lowest BCUT2D eigenvalue weighted by Gasteiger charge is -2.20. The molecule has 0 aromatic carbocycles. The molecule has 1 aromatic heterocycles. The van der Waals surface area contributed by atoms with Gasteiger partial charge in [0.2, 0.25) is 5.91 Å². The predicted molar refractivity (Wildman–Crippen MR) is 74.1 cm³/mol. The van der Waals surface area contributed by atoms with E-state index >= 15 is 0 Å². The highest BCUT2D eigenvalue weighted by Crippen LogP contribution is 2.34. The van der Waals surface area contributed by atoms with Gasteiger partial charge in [-0.25, -0.2) is 0 Å². The Hall–Kier alpha value is -1.50. The number of carbonyl (C=O) groups excluding carboxylic acids is 1. The fraction of sp³-hybridized carbons (Fsp3) is 0.636. The maximum Gasteiger partial charge on any atom is 0.222 e. The van der Waals surface area contributed by atoms with E-state index in [2.05, 4.69) is 15.0 Å². The van der Waals surface area contributed by atoms with Crippen molar-refractivity contribution in [2.24, 2.45) is 0 Å². The van der Waals surface area contributed by atoms with Gasteiger partial charge in [-0.2, -0.15) is 4.37 Å². The van der Waals surface area contributed by atoms with E-state index in [4.69, 9.17) is 10.5 Å². The summed E-state index contributed by atoms with van der Waals surface area (Å²) in [6, 6.07) is 0. The number of hydrogen-bond acceptors (Lipinski definition) is 6. The minimum Gasteiger partial charge on any atom is -0.490 e. The van der Waals surface area contributed by atoms with Gasteiger partial charge in [0.15, 0.2) is 16.6 Å². The quantitative estimate of drug-likeness (QED) is 0.755. The van der Waals surface area contributed by atoms with Crippen LogP contribution in [-0.4, -0.2) is 29.5 Å². The molecule has 0 unspecified atom stereocenters. The van der Waals surface area contributed by atoms with Gasteiger partial charge < -0.3 is 21.1 Å². The van der Waals surface area contributed by atoms with Crippen LogP contribution in [0.15, 0.2) is 0 Å². The molecule has 0 saturated carbocycles. The van der Waals surface area contributed by atoms with Gasteiger partial charge in [0.25, 0.3) is 0 Å². The van der Waals surface area contributed by atoms with E-state index in [1.165, 1.54) is 18.6 Å². The van der Waals surface area contributed by atoms with Crippen LogP contribution in [0.3, 0.4) is 0 Å². The Bertz CT molecular complexity index is 412. The van der Waals surface area contributed by atoms with Crippen LogP contribution in [0.25, 0.3) is 0 Å². The van der Waals surface area contributed by atoms with E-state index in [-0.39, 0.29) is 11.4 Å². The number of methoxy groups -OCH3 is 1. The summed E-state index contributed by atoms with van der Waals surface area (Å²) in [5.74, 6) is 0.909. The topological polar surface area (TPSA) is 89.3 Å². The summed E-state index contributed by atoms with van der Waals surface area (Å²) in [6.45, 7) is 6.36. The summed E-state index contributed by atoms with van der Waals surface area (Å²) >= 11 is 1.22. The van der Waals surface area contributed by atoms with E-state index in [1.54, 1.807) is 0 Å². The zero-order chi connectivity index (χ0) is 13.8. The van der Waals surface area contributed by atoms with Crippen molar-refractivity contribution in [3.05, 3.63) is 0 Å². The minimum absolute atomic E-state index is 0.00598. The zero-order valence-corrected chi connectivity index (χ0v) is 12.0. The molecule has 1 heterocycles. The molecule has 1 rings (SSSR count). The van der Waals surface area contributed by atoms with Crippen LogP contribution >= 0.6 is 11.5 Å². The molecule has 1 amide bonds. The number of nitrogens with one attached hydrogen (secondary N) is 2. The van der Waals surface area contributed by atoms with Crippen LogP contribution in [0.2, 0.25) is 0 Å².